The van der Waals surface area contributed by atoms with E-state index < -0.39 is 41.0 Å². The molecule has 7 nitrogen and oxygen atoms in total. The highest BCUT2D eigenvalue weighted by Crippen LogP contribution is 2.13. The summed E-state index contributed by atoms with van der Waals surface area (Å²) in [5.74, 6) is -3.24. The molecule has 2 aromatic rings. The number of hydrazine groups is 1. The lowest BCUT2D eigenvalue weighted by Crippen LogP contribution is -2.43. The number of ether oxygens (including phenoxy) is 1. The molecule has 0 aromatic heterocycles. The summed E-state index contributed by atoms with van der Waals surface area (Å²) < 4.78 is 29.9. The largest absolute Gasteiger partial charge is 0.452 e. The van der Waals surface area contributed by atoms with E-state index in [4.69, 9.17) is 4.74 Å². The van der Waals surface area contributed by atoms with Crippen molar-refractivity contribution < 1.29 is 27.7 Å². The number of halogens is 1. The molecule has 136 valence electrons. The highest BCUT2D eigenvalue weighted by Gasteiger charge is 2.17. The summed E-state index contributed by atoms with van der Waals surface area (Å²) in [6, 6.07) is 11.4. The molecule has 0 aliphatic heterocycles. The fourth-order valence-corrected chi connectivity index (χ4v) is 2.70. The molecule has 26 heavy (non-hydrogen) atoms. The number of carbonyl (C=O) groups is 3. The molecule has 9 heteroatoms. The van der Waals surface area contributed by atoms with E-state index in [1.807, 2.05) is 10.9 Å². The first-order valence-corrected chi connectivity index (χ1v) is 8.89. The smallest absolute Gasteiger partial charge is 0.339 e. The van der Waals surface area contributed by atoms with E-state index in [0.717, 1.165) is 6.07 Å². The number of hydrogen-bond acceptors (Lipinski definition) is 5. The molecule has 2 aromatic carbocycles. The molecule has 0 spiro atoms. The summed E-state index contributed by atoms with van der Waals surface area (Å²) in [6.45, 7) is -0.679. The van der Waals surface area contributed by atoms with Crippen LogP contribution in [0, 0.1) is 5.82 Å². The quantitative estimate of drug-likeness (QED) is 0.601. The van der Waals surface area contributed by atoms with Crippen LogP contribution >= 0.6 is 0 Å². The highest BCUT2D eigenvalue weighted by molar-refractivity contribution is 7.84. The number of amides is 2. The van der Waals surface area contributed by atoms with Gasteiger partial charge in [-0.25, -0.2) is 9.18 Å². The molecule has 0 radical (unpaired) electrons. The monoisotopic (exact) mass is 378 g/mol. The van der Waals surface area contributed by atoms with Crippen molar-refractivity contribution in [2.24, 2.45) is 0 Å². The molecule has 2 amide bonds. The topological polar surface area (TPSA) is 102 Å². The van der Waals surface area contributed by atoms with E-state index in [2.05, 4.69) is 0 Å². The fourth-order valence-electron chi connectivity index (χ4n) is 1.97. The molecular weight excluding hydrogens is 363 g/mol. The Labute approximate surface area is 151 Å². The van der Waals surface area contributed by atoms with Gasteiger partial charge in [0.1, 0.15) is 5.82 Å². The predicted octanol–water partition coefficient (Wildman–Crippen LogP) is 1.18. The SMILES string of the molecule is C[S@](=O)c1ccccc1C(=O)OCC(=O)NNC(=O)c1ccccc1F. The molecule has 1 atom stereocenters. The number of benzene rings is 2. The molecule has 0 aliphatic rings. The second-order valence-corrected chi connectivity index (χ2v) is 6.36. The lowest BCUT2D eigenvalue weighted by Gasteiger charge is -2.09. The van der Waals surface area contributed by atoms with E-state index in [0.29, 0.717) is 0 Å². The van der Waals surface area contributed by atoms with Crippen LogP contribution < -0.4 is 10.9 Å². The van der Waals surface area contributed by atoms with Crippen LogP contribution in [0.4, 0.5) is 4.39 Å². The van der Waals surface area contributed by atoms with E-state index in [-0.39, 0.29) is 16.0 Å². The van der Waals surface area contributed by atoms with Crippen molar-refractivity contribution in [3.8, 4) is 0 Å². The summed E-state index contributed by atoms with van der Waals surface area (Å²) in [5.41, 5.74) is 3.86. The third-order valence-corrected chi connectivity index (χ3v) is 4.16. The molecule has 0 heterocycles. The van der Waals surface area contributed by atoms with E-state index in [1.54, 1.807) is 12.1 Å². The van der Waals surface area contributed by atoms with Gasteiger partial charge in [0.2, 0.25) is 0 Å². The molecule has 2 rings (SSSR count). The first kappa shape index (κ1) is 19.3. The summed E-state index contributed by atoms with van der Waals surface area (Å²) >= 11 is 0. The first-order chi connectivity index (χ1) is 12.4. The zero-order valence-electron chi connectivity index (χ0n) is 13.7. The Morgan fingerprint density at radius 2 is 1.62 bits per heavy atom. The Morgan fingerprint density at radius 3 is 2.27 bits per heavy atom. The molecule has 2 N–H and O–H groups in total. The van der Waals surface area contributed by atoms with Gasteiger partial charge in [-0.1, -0.05) is 24.3 Å². The van der Waals surface area contributed by atoms with Crippen molar-refractivity contribution in [2.45, 2.75) is 4.90 Å². The van der Waals surface area contributed by atoms with Crippen molar-refractivity contribution >= 4 is 28.6 Å². The number of nitrogens with one attached hydrogen (secondary N) is 2. The van der Waals surface area contributed by atoms with E-state index in [1.165, 1.54) is 36.6 Å². The van der Waals surface area contributed by atoms with Crippen LogP contribution in [-0.2, 0) is 20.3 Å². The maximum atomic E-state index is 13.4. The fraction of sp³-hybridized carbons (Fsp3) is 0.118. The summed E-state index contributed by atoms with van der Waals surface area (Å²) in [4.78, 5) is 35.7. The van der Waals surface area contributed by atoms with Crippen LogP contribution in [0.25, 0.3) is 0 Å². The summed E-state index contributed by atoms with van der Waals surface area (Å²) in [6.07, 6.45) is 1.41. The average Bonchev–Trinajstić information content (AvgIpc) is 2.64. The third-order valence-electron chi connectivity index (χ3n) is 3.18. The number of carbonyl (C=O) groups excluding carboxylic acids is 3. The second-order valence-electron chi connectivity index (χ2n) is 5.01. The summed E-state index contributed by atoms with van der Waals surface area (Å²) in [5, 5.41) is 0. The zero-order chi connectivity index (χ0) is 19.1. The molecule has 0 fully saturated rings. The van der Waals surface area contributed by atoms with Crippen molar-refractivity contribution in [3.05, 3.63) is 65.5 Å². The van der Waals surface area contributed by atoms with Gasteiger partial charge in [0.25, 0.3) is 11.8 Å². The maximum absolute atomic E-state index is 13.4. The van der Waals surface area contributed by atoms with Crippen LogP contribution in [0.15, 0.2) is 53.4 Å². The van der Waals surface area contributed by atoms with Gasteiger partial charge in [0.05, 0.1) is 26.8 Å². The van der Waals surface area contributed by atoms with Crippen molar-refractivity contribution in [1.82, 2.24) is 10.9 Å². The summed E-state index contributed by atoms with van der Waals surface area (Å²) in [7, 11) is -1.40. The van der Waals surface area contributed by atoms with E-state index >= 15 is 0 Å². The van der Waals surface area contributed by atoms with Gasteiger partial charge in [-0.05, 0) is 24.3 Å². The van der Waals surface area contributed by atoms with Gasteiger partial charge in [-0.2, -0.15) is 0 Å². The molecule has 0 aliphatic carbocycles. The van der Waals surface area contributed by atoms with Crippen LogP contribution in [0.2, 0.25) is 0 Å². The molecule has 0 saturated heterocycles. The predicted molar refractivity (Wildman–Crippen MR) is 91.1 cm³/mol. The minimum Gasteiger partial charge on any atom is -0.452 e. The second kappa shape index (κ2) is 8.86. The van der Waals surface area contributed by atoms with E-state index in [9.17, 15) is 23.0 Å². The number of hydrogen-bond donors (Lipinski definition) is 2. The van der Waals surface area contributed by atoms with Crippen molar-refractivity contribution in [2.75, 3.05) is 12.9 Å². The Bertz CT molecular complexity index is 872. The van der Waals surface area contributed by atoms with Crippen LogP contribution in [0.1, 0.15) is 20.7 Å². The van der Waals surface area contributed by atoms with Crippen molar-refractivity contribution in [1.29, 1.82) is 0 Å². The lowest BCUT2D eigenvalue weighted by molar-refractivity contribution is -0.125. The molecule has 0 unspecified atom stereocenters. The highest BCUT2D eigenvalue weighted by atomic mass is 32.2. The van der Waals surface area contributed by atoms with Crippen LogP contribution in [0.3, 0.4) is 0 Å². The normalized spacial score (nSPS) is 11.3. The Hall–Kier alpha value is -3.07. The first-order valence-electron chi connectivity index (χ1n) is 7.33. The Kier molecular flexibility index (Phi) is 6.56. The van der Waals surface area contributed by atoms with Gasteiger partial charge in [0, 0.05) is 6.26 Å². The zero-order valence-corrected chi connectivity index (χ0v) is 14.5. The van der Waals surface area contributed by atoms with Gasteiger partial charge in [-0.3, -0.25) is 24.6 Å². The molecular formula is C17H15FN2O5S. The Balaban J connectivity index is 1.87. The van der Waals surface area contributed by atoms with Crippen LogP contribution in [0.5, 0.6) is 0 Å². The van der Waals surface area contributed by atoms with Gasteiger partial charge < -0.3 is 4.74 Å². The van der Waals surface area contributed by atoms with Crippen molar-refractivity contribution in [3.63, 3.8) is 0 Å². The van der Waals surface area contributed by atoms with Gasteiger partial charge >= 0.3 is 5.97 Å². The molecule has 0 bridgehead atoms. The molecule has 0 saturated carbocycles. The average molecular weight is 378 g/mol. The Morgan fingerprint density at radius 1 is 1.00 bits per heavy atom. The van der Waals surface area contributed by atoms with Gasteiger partial charge in [-0.15, -0.1) is 0 Å². The number of rotatable bonds is 5. The minimum atomic E-state index is -1.40. The maximum Gasteiger partial charge on any atom is 0.339 e. The van der Waals surface area contributed by atoms with Gasteiger partial charge in [0.15, 0.2) is 6.61 Å². The lowest BCUT2D eigenvalue weighted by atomic mass is 10.2. The van der Waals surface area contributed by atoms with Crippen LogP contribution in [-0.4, -0.2) is 34.9 Å². The number of esters is 1. The standard InChI is InChI=1S/C17H15FN2O5S/c1-26(24)14-9-5-3-7-12(14)17(23)25-10-15(21)19-20-16(22)11-6-2-4-8-13(11)18/h2-9H,10H2,1H3,(H,19,21)(H,20,22)/t26-/m0/s1. The minimum absolute atomic E-state index is 0.0801. The third kappa shape index (κ3) is 4.96.